The van der Waals surface area contributed by atoms with Gasteiger partial charge in [0.25, 0.3) is 0 Å². The van der Waals surface area contributed by atoms with Crippen molar-refractivity contribution in [2.75, 3.05) is 0 Å². The molecule has 0 aliphatic rings. The first-order valence-corrected chi connectivity index (χ1v) is 5.25. The van der Waals surface area contributed by atoms with Gasteiger partial charge < -0.3 is 5.11 Å². The summed E-state index contributed by atoms with van der Waals surface area (Å²) in [4.78, 5) is 0. The molecule has 0 heterocycles. The SMILES string of the molecule is CC(c1ccc(Cl)c(Cl)c1)C(C)(C)O. The molecule has 0 radical (unpaired) electrons. The third-order valence-corrected chi connectivity index (χ3v) is 3.24. The molecule has 0 saturated carbocycles. The van der Waals surface area contributed by atoms with Gasteiger partial charge in [-0.3, -0.25) is 0 Å². The zero-order valence-corrected chi connectivity index (χ0v) is 10.0. The average molecular weight is 233 g/mol. The molecule has 78 valence electrons. The van der Waals surface area contributed by atoms with Crippen LogP contribution in [0.3, 0.4) is 0 Å². The van der Waals surface area contributed by atoms with Gasteiger partial charge in [0.2, 0.25) is 0 Å². The first-order chi connectivity index (χ1) is 6.32. The van der Waals surface area contributed by atoms with Crippen LogP contribution >= 0.6 is 23.2 Å². The van der Waals surface area contributed by atoms with Crippen molar-refractivity contribution < 1.29 is 5.11 Å². The molecular formula is C11H14Cl2O. The zero-order chi connectivity index (χ0) is 10.9. The Hall–Kier alpha value is -0.240. The topological polar surface area (TPSA) is 20.2 Å². The Morgan fingerprint density at radius 1 is 1.21 bits per heavy atom. The van der Waals surface area contributed by atoms with E-state index in [1.165, 1.54) is 0 Å². The van der Waals surface area contributed by atoms with Gasteiger partial charge in [0.15, 0.2) is 0 Å². The first-order valence-electron chi connectivity index (χ1n) is 4.49. The van der Waals surface area contributed by atoms with Crippen LogP contribution in [0, 0.1) is 0 Å². The second kappa shape index (κ2) is 4.09. The van der Waals surface area contributed by atoms with E-state index < -0.39 is 5.60 Å². The Morgan fingerprint density at radius 3 is 2.21 bits per heavy atom. The predicted molar refractivity (Wildman–Crippen MR) is 61.2 cm³/mol. The third-order valence-electron chi connectivity index (χ3n) is 2.50. The van der Waals surface area contributed by atoms with Crippen LogP contribution in [-0.4, -0.2) is 10.7 Å². The Kier molecular flexibility index (Phi) is 3.46. The van der Waals surface area contributed by atoms with Crippen molar-refractivity contribution in [2.45, 2.75) is 32.3 Å². The summed E-state index contributed by atoms with van der Waals surface area (Å²) in [6.45, 7) is 5.51. The maximum atomic E-state index is 9.82. The summed E-state index contributed by atoms with van der Waals surface area (Å²) < 4.78 is 0. The van der Waals surface area contributed by atoms with Crippen LogP contribution in [0.1, 0.15) is 32.3 Å². The van der Waals surface area contributed by atoms with E-state index in [4.69, 9.17) is 23.2 Å². The lowest BCUT2D eigenvalue weighted by molar-refractivity contribution is 0.0559. The van der Waals surface area contributed by atoms with Crippen LogP contribution in [0.5, 0.6) is 0 Å². The molecule has 0 spiro atoms. The molecule has 1 unspecified atom stereocenters. The molecule has 14 heavy (non-hydrogen) atoms. The van der Waals surface area contributed by atoms with Gasteiger partial charge in [-0.25, -0.2) is 0 Å². The van der Waals surface area contributed by atoms with Gasteiger partial charge in [0, 0.05) is 5.92 Å². The fourth-order valence-electron chi connectivity index (χ4n) is 1.19. The lowest BCUT2D eigenvalue weighted by Crippen LogP contribution is -2.26. The summed E-state index contributed by atoms with van der Waals surface area (Å²) in [5.74, 6) is 0.0252. The number of hydrogen-bond acceptors (Lipinski definition) is 1. The largest absolute Gasteiger partial charge is 0.390 e. The van der Waals surface area contributed by atoms with Crippen molar-refractivity contribution >= 4 is 23.2 Å². The molecule has 0 fully saturated rings. The minimum Gasteiger partial charge on any atom is -0.390 e. The maximum Gasteiger partial charge on any atom is 0.0657 e. The highest BCUT2D eigenvalue weighted by atomic mass is 35.5. The number of benzene rings is 1. The molecule has 0 amide bonds. The molecule has 0 aliphatic heterocycles. The highest BCUT2D eigenvalue weighted by molar-refractivity contribution is 6.42. The van der Waals surface area contributed by atoms with Crippen molar-refractivity contribution in [3.05, 3.63) is 33.8 Å². The number of halogens is 2. The summed E-state index contributed by atoms with van der Waals surface area (Å²) in [5, 5.41) is 10.9. The molecule has 0 aromatic heterocycles. The van der Waals surface area contributed by atoms with E-state index in [9.17, 15) is 5.11 Å². The van der Waals surface area contributed by atoms with Crippen molar-refractivity contribution in [1.82, 2.24) is 0 Å². The van der Waals surface area contributed by atoms with Gasteiger partial charge in [-0.2, -0.15) is 0 Å². The molecule has 1 rings (SSSR count). The normalized spacial score (nSPS) is 14.1. The Bertz CT molecular complexity index is 329. The lowest BCUT2D eigenvalue weighted by atomic mass is 9.86. The van der Waals surface area contributed by atoms with Gasteiger partial charge in [-0.05, 0) is 31.5 Å². The van der Waals surface area contributed by atoms with Crippen LogP contribution < -0.4 is 0 Å². The van der Waals surface area contributed by atoms with Crippen molar-refractivity contribution in [3.63, 3.8) is 0 Å². The van der Waals surface area contributed by atoms with Crippen LogP contribution in [0.15, 0.2) is 18.2 Å². The fraction of sp³-hybridized carbons (Fsp3) is 0.455. The molecule has 1 nitrogen and oxygen atoms in total. The van der Waals surface area contributed by atoms with Crippen molar-refractivity contribution in [2.24, 2.45) is 0 Å². The molecule has 1 aromatic rings. The van der Waals surface area contributed by atoms with Crippen molar-refractivity contribution in [3.8, 4) is 0 Å². The number of aliphatic hydroxyl groups is 1. The van der Waals surface area contributed by atoms with E-state index >= 15 is 0 Å². The monoisotopic (exact) mass is 232 g/mol. The molecule has 1 aromatic carbocycles. The molecule has 1 N–H and O–H groups in total. The van der Waals surface area contributed by atoms with E-state index in [0.717, 1.165) is 5.56 Å². The van der Waals surface area contributed by atoms with Crippen LogP contribution in [0.25, 0.3) is 0 Å². The molecule has 3 heteroatoms. The van der Waals surface area contributed by atoms with E-state index in [1.54, 1.807) is 26.0 Å². The van der Waals surface area contributed by atoms with E-state index in [0.29, 0.717) is 10.0 Å². The van der Waals surface area contributed by atoms with Gasteiger partial charge >= 0.3 is 0 Å². The molecule has 0 aliphatic carbocycles. The standard InChI is InChI=1S/C11H14Cl2O/c1-7(11(2,3)14)8-4-5-9(12)10(13)6-8/h4-7,14H,1-3H3. The fourth-order valence-corrected chi connectivity index (χ4v) is 1.50. The summed E-state index contributed by atoms with van der Waals surface area (Å²) in [6, 6.07) is 5.44. The van der Waals surface area contributed by atoms with Gasteiger partial charge in [-0.1, -0.05) is 36.2 Å². The van der Waals surface area contributed by atoms with E-state index in [2.05, 4.69) is 0 Å². The highest BCUT2D eigenvalue weighted by Crippen LogP contribution is 2.31. The third kappa shape index (κ3) is 2.63. The lowest BCUT2D eigenvalue weighted by Gasteiger charge is -2.26. The summed E-state index contributed by atoms with van der Waals surface area (Å²) in [6.07, 6.45) is 0. The average Bonchev–Trinajstić information content (AvgIpc) is 2.07. The van der Waals surface area contributed by atoms with Gasteiger partial charge in [0.05, 0.1) is 15.6 Å². The smallest absolute Gasteiger partial charge is 0.0657 e. The number of hydrogen-bond donors (Lipinski definition) is 1. The Balaban J connectivity index is 3.03. The highest BCUT2D eigenvalue weighted by Gasteiger charge is 2.24. The van der Waals surface area contributed by atoms with Crippen LogP contribution in [0.2, 0.25) is 10.0 Å². The Labute approximate surface area is 94.7 Å². The molecule has 0 saturated heterocycles. The molecule has 0 bridgehead atoms. The Morgan fingerprint density at radius 2 is 1.79 bits per heavy atom. The summed E-state index contributed by atoms with van der Waals surface area (Å²) in [7, 11) is 0. The van der Waals surface area contributed by atoms with Gasteiger partial charge in [-0.15, -0.1) is 0 Å². The molecule has 1 atom stereocenters. The summed E-state index contributed by atoms with van der Waals surface area (Å²) >= 11 is 11.7. The number of rotatable bonds is 2. The second-order valence-corrected chi connectivity index (χ2v) is 4.86. The maximum absolute atomic E-state index is 9.82. The minimum absolute atomic E-state index is 0.0252. The summed E-state index contributed by atoms with van der Waals surface area (Å²) in [5.41, 5.74) is 0.240. The predicted octanol–water partition coefficient (Wildman–Crippen LogP) is 3.87. The van der Waals surface area contributed by atoms with E-state index in [1.807, 2.05) is 13.0 Å². The zero-order valence-electron chi connectivity index (χ0n) is 8.51. The van der Waals surface area contributed by atoms with Crippen LogP contribution in [0.4, 0.5) is 0 Å². The van der Waals surface area contributed by atoms with E-state index in [-0.39, 0.29) is 5.92 Å². The van der Waals surface area contributed by atoms with Crippen molar-refractivity contribution in [1.29, 1.82) is 0 Å². The quantitative estimate of drug-likeness (QED) is 0.822. The second-order valence-electron chi connectivity index (χ2n) is 4.05. The van der Waals surface area contributed by atoms with Crippen LogP contribution in [-0.2, 0) is 0 Å². The first kappa shape index (κ1) is 11.8. The minimum atomic E-state index is -0.753. The van der Waals surface area contributed by atoms with Gasteiger partial charge in [0.1, 0.15) is 0 Å². The molecular weight excluding hydrogens is 219 g/mol.